The molecule has 26 heavy (non-hydrogen) atoms. The number of nitrogens with one attached hydrogen (secondary N) is 3. The van der Waals surface area contributed by atoms with Gasteiger partial charge >= 0.3 is 6.18 Å². The van der Waals surface area contributed by atoms with Crippen molar-refractivity contribution in [1.82, 2.24) is 25.8 Å². The van der Waals surface area contributed by atoms with Gasteiger partial charge in [0, 0.05) is 38.6 Å². The summed E-state index contributed by atoms with van der Waals surface area (Å²) in [6.45, 7) is 2.16. The molecule has 1 amide bonds. The van der Waals surface area contributed by atoms with E-state index >= 15 is 0 Å². The first-order valence-electron chi connectivity index (χ1n) is 8.23. The summed E-state index contributed by atoms with van der Waals surface area (Å²) in [6.07, 6.45) is -2.71. The number of aromatic nitrogens is 1. The fourth-order valence-corrected chi connectivity index (χ4v) is 3.33. The maximum atomic E-state index is 12.6. The third kappa shape index (κ3) is 6.13. The summed E-state index contributed by atoms with van der Waals surface area (Å²) in [6, 6.07) is 0.198. The molecule has 11 heteroatoms. The van der Waals surface area contributed by atoms with E-state index in [1.807, 2.05) is 0 Å². The van der Waals surface area contributed by atoms with Gasteiger partial charge in [0.1, 0.15) is 5.01 Å². The van der Waals surface area contributed by atoms with Gasteiger partial charge < -0.3 is 16.0 Å². The van der Waals surface area contributed by atoms with Crippen LogP contribution < -0.4 is 16.0 Å². The molecule has 1 aliphatic rings. The smallest absolute Gasteiger partial charge is 0.358 e. The molecule has 0 radical (unpaired) electrons. The fraction of sp³-hybridized carbons (Fsp3) is 0.667. The van der Waals surface area contributed by atoms with Crippen molar-refractivity contribution in [3.63, 3.8) is 0 Å². The van der Waals surface area contributed by atoms with Crippen molar-refractivity contribution in [3.05, 3.63) is 16.1 Å². The number of carbonyl (C=O) groups excluding carboxylic acids is 1. The van der Waals surface area contributed by atoms with E-state index in [2.05, 4.69) is 30.8 Å². The summed E-state index contributed by atoms with van der Waals surface area (Å²) >= 11 is 0.962. The molecular weight excluding hydrogens is 369 g/mol. The highest BCUT2D eigenvalue weighted by atomic mass is 32.1. The van der Waals surface area contributed by atoms with Gasteiger partial charge in [-0.05, 0) is 12.8 Å². The minimum Gasteiger partial charge on any atom is -0.358 e. The SMILES string of the molecule is CN=C(NCc1nc(C(F)(F)F)cs1)NC1CCN(CC(=O)NC)CC1. The normalized spacial score (nSPS) is 17.2. The minimum atomic E-state index is -4.42. The Morgan fingerprint density at radius 3 is 2.65 bits per heavy atom. The highest BCUT2D eigenvalue weighted by Crippen LogP contribution is 2.29. The van der Waals surface area contributed by atoms with Crippen LogP contribution in [0.5, 0.6) is 0 Å². The molecule has 0 aromatic carbocycles. The lowest BCUT2D eigenvalue weighted by Gasteiger charge is -2.32. The number of hydrogen-bond donors (Lipinski definition) is 3. The molecule has 2 heterocycles. The number of hydrogen-bond acceptors (Lipinski definition) is 5. The topological polar surface area (TPSA) is 81.7 Å². The van der Waals surface area contributed by atoms with E-state index in [0.29, 0.717) is 17.5 Å². The van der Waals surface area contributed by atoms with Crippen LogP contribution >= 0.6 is 11.3 Å². The number of nitrogens with zero attached hydrogens (tertiary/aromatic N) is 3. The van der Waals surface area contributed by atoms with Gasteiger partial charge in [0.15, 0.2) is 11.7 Å². The molecule has 0 aliphatic carbocycles. The number of alkyl halides is 3. The average Bonchev–Trinajstić information content (AvgIpc) is 3.09. The Balaban J connectivity index is 1.76. The Morgan fingerprint density at radius 1 is 1.42 bits per heavy atom. The summed E-state index contributed by atoms with van der Waals surface area (Å²) < 4.78 is 37.7. The fourth-order valence-electron chi connectivity index (χ4n) is 2.59. The van der Waals surface area contributed by atoms with E-state index in [-0.39, 0.29) is 18.5 Å². The second-order valence-corrected chi connectivity index (χ2v) is 6.86. The van der Waals surface area contributed by atoms with Crippen LogP contribution in [0.2, 0.25) is 0 Å². The van der Waals surface area contributed by atoms with Gasteiger partial charge in [0.2, 0.25) is 5.91 Å². The monoisotopic (exact) mass is 392 g/mol. The van der Waals surface area contributed by atoms with E-state index in [0.717, 1.165) is 42.6 Å². The largest absolute Gasteiger partial charge is 0.434 e. The lowest BCUT2D eigenvalue weighted by atomic mass is 10.1. The predicted molar refractivity (Wildman–Crippen MR) is 94.0 cm³/mol. The van der Waals surface area contributed by atoms with Gasteiger partial charge in [-0.1, -0.05) is 0 Å². The van der Waals surface area contributed by atoms with E-state index in [1.165, 1.54) is 0 Å². The number of piperidine rings is 1. The van der Waals surface area contributed by atoms with Gasteiger partial charge in [-0.25, -0.2) is 4.98 Å². The zero-order chi connectivity index (χ0) is 19.2. The molecule has 2 rings (SSSR count). The molecule has 3 N–H and O–H groups in total. The van der Waals surface area contributed by atoms with Crippen LogP contribution in [0, 0.1) is 0 Å². The average molecular weight is 392 g/mol. The summed E-state index contributed by atoms with van der Waals surface area (Å²) in [5, 5.41) is 10.2. The second kappa shape index (κ2) is 9.17. The third-order valence-corrected chi connectivity index (χ3v) is 4.90. The van der Waals surface area contributed by atoms with Gasteiger partial charge in [-0.15, -0.1) is 11.3 Å². The molecule has 0 spiro atoms. The summed E-state index contributed by atoms with van der Waals surface area (Å²) in [4.78, 5) is 21.2. The molecule has 1 aromatic heterocycles. The molecule has 0 bridgehead atoms. The van der Waals surface area contributed by atoms with Gasteiger partial charge in [-0.3, -0.25) is 14.7 Å². The van der Waals surface area contributed by atoms with Crippen molar-refractivity contribution in [2.24, 2.45) is 4.99 Å². The molecule has 7 nitrogen and oxygen atoms in total. The first kappa shape index (κ1) is 20.4. The van der Waals surface area contributed by atoms with Crippen LogP contribution in [0.4, 0.5) is 13.2 Å². The summed E-state index contributed by atoms with van der Waals surface area (Å²) in [7, 11) is 3.23. The minimum absolute atomic E-state index is 0.00411. The molecule has 146 valence electrons. The third-order valence-electron chi connectivity index (χ3n) is 4.05. The quantitative estimate of drug-likeness (QED) is 0.515. The molecule has 0 atom stereocenters. The Kier molecular flexibility index (Phi) is 7.21. The van der Waals surface area contributed by atoms with Crippen LogP contribution in [0.25, 0.3) is 0 Å². The molecule has 1 aromatic rings. The second-order valence-electron chi connectivity index (χ2n) is 5.92. The van der Waals surface area contributed by atoms with Gasteiger partial charge in [0.25, 0.3) is 0 Å². The number of likely N-dealkylation sites (N-methyl/N-ethyl adjacent to an activating group) is 1. The predicted octanol–water partition coefficient (Wildman–Crippen LogP) is 1.04. The first-order valence-corrected chi connectivity index (χ1v) is 9.11. The number of thiazole rings is 1. The number of rotatable bonds is 5. The number of carbonyl (C=O) groups is 1. The zero-order valence-electron chi connectivity index (χ0n) is 14.7. The van der Waals surface area contributed by atoms with Crippen LogP contribution in [0.3, 0.4) is 0 Å². The van der Waals surface area contributed by atoms with Gasteiger partial charge in [0.05, 0.1) is 13.1 Å². The number of aliphatic imine (C=N–C) groups is 1. The number of halogens is 3. The summed E-state index contributed by atoms with van der Waals surface area (Å²) in [5.41, 5.74) is -0.870. The number of guanidine groups is 1. The van der Waals surface area contributed by atoms with Crippen molar-refractivity contribution in [2.45, 2.75) is 31.6 Å². The highest BCUT2D eigenvalue weighted by Gasteiger charge is 2.33. The van der Waals surface area contributed by atoms with Crippen molar-refractivity contribution in [3.8, 4) is 0 Å². The lowest BCUT2D eigenvalue weighted by molar-refractivity contribution is -0.140. The highest BCUT2D eigenvalue weighted by molar-refractivity contribution is 7.09. The molecule has 0 saturated carbocycles. The molecule has 0 unspecified atom stereocenters. The standard InChI is InChI=1S/C15H23F3N6OS/c1-19-12(25)8-24-5-3-10(4-6-24)22-14(20-2)21-7-13-23-11(9-26-13)15(16,17)18/h9-10H,3-8H2,1-2H3,(H,19,25)(H2,20,21,22). The van der Waals surface area contributed by atoms with Crippen molar-refractivity contribution in [2.75, 3.05) is 33.7 Å². The van der Waals surface area contributed by atoms with E-state index in [4.69, 9.17) is 0 Å². The van der Waals surface area contributed by atoms with Crippen LogP contribution in [0.15, 0.2) is 10.4 Å². The number of amides is 1. The Labute approximate surface area is 154 Å². The van der Waals surface area contributed by atoms with Crippen LogP contribution in [0.1, 0.15) is 23.5 Å². The molecular formula is C15H23F3N6OS. The Morgan fingerprint density at radius 2 is 2.12 bits per heavy atom. The number of likely N-dealkylation sites (tertiary alicyclic amines) is 1. The van der Waals surface area contributed by atoms with Crippen molar-refractivity contribution < 1.29 is 18.0 Å². The van der Waals surface area contributed by atoms with Crippen molar-refractivity contribution in [1.29, 1.82) is 0 Å². The zero-order valence-corrected chi connectivity index (χ0v) is 15.5. The summed E-state index contributed by atoms with van der Waals surface area (Å²) in [5.74, 6) is 0.522. The molecule has 1 saturated heterocycles. The first-order chi connectivity index (χ1) is 12.3. The van der Waals surface area contributed by atoms with Crippen molar-refractivity contribution >= 4 is 23.2 Å². The van der Waals surface area contributed by atoms with E-state index in [9.17, 15) is 18.0 Å². The maximum absolute atomic E-state index is 12.6. The van der Waals surface area contributed by atoms with E-state index < -0.39 is 11.9 Å². The Hall–Kier alpha value is -1.88. The van der Waals surface area contributed by atoms with Crippen LogP contribution in [-0.2, 0) is 17.5 Å². The molecule has 1 aliphatic heterocycles. The van der Waals surface area contributed by atoms with Gasteiger partial charge in [-0.2, -0.15) is 13.2 Å². The van der Waals surface area contributed by atoms with E-state index in [1.54, 1.807) is 14.1 Å². The Bertz CT molecular complexity index is 625. The van der Waals surface area contributed by atoms with Crippen LogP contribution in [-0.4, -0.2) is 61.5 Å². The molecule has 1 fully saturated rings. The lowest BCUT2D eigenvalue weighted by Crippen LogP contribution is -2.49. The maximum Gasteiger partial charge on any atom is 0.434 e.